The second-order valence-electron chi connectivity index (χ2n) is 5.95. The third-order valence-electron chi connectivity index (χ3n) is 4.12. The lowest BCUT2D eigenvalue weighted by Crippen LogP contribution is -2.15. The fourth-order valence-corrected chi connectivity index (χ4v) is 2.87. The maximum Gasteiger partial charge on any atom is 0.355 e. The minimum absolute atomic E-state index is 0.197. The van der Waals surface area contributed by atoms with Crippen LogP contribution in [0, 0.1) is 13.8 Å². The first-order valence-corrected chi connectivity index (χ1v) is 8.43. The minimum atomic E-state index is -0.618. The summed E-state index contributed by atoms with van der Waals surface area (Å²) in [5.41, 5.74) is 1.66. The lowest BCUT2D eigenvalue weighted by atomic mass is 10.1. The molecule has 2 N–H and O–H groups in total. The van der Waals surface area contributed by atoms with E-state index in [4.69, 9.17) is 9.47 Å². The number of nitrogens with zero attached hydrogens (tertiary/aromatic N) is 1. The van der Waals surface area contributed by atoms with Crippen LogP contribution >= 0.6 is 0 Å². The monoisotopic (exact) mass is 369 g/mol. The number of aromatic nitrogens is 3. The molecule has 0 aliphatic heterocycles. The molecule has 0 saturated carbocycles. The number of nitrogens with one attached hydrogen (secondary N) is 2. The molecule has 8 nitrogen and oxygen atoms in total. The van der Waals surface area contributed by atoms with Crippen molar-refractivity contribution in [3.63, 3.8) is 0 Å². The second-order valence-corrected chi connectivity index (χ2v) is 5.95. The zero-order chi connectivity index (χ0) is 19.6. The molecular formula is C19H19N3O5. The third kappa shape index (κ3) is 3.59. The molecule has 0 amide bonds. The molecule has 2 aromatic heterocycles. The summed E-state index contributed by atoms with van der Waals surface area (Å²) in [7, 11) is 0. The Bertz CT molecular complexity index is 1080. The number of H-pyrrole nitrogens is 2. The number of hydrogen-bond donors (Lipinski definition) is 2. The van der Waals surface area contributed by atoms with Crippen molar-refractivity contribution in [3.8, 4) is 0 Å². The average molecular weight is 369 g/mol. The van der Waals surface area contributed by atoms with Crippen molar-refractivity contribution in [2.75, 3.05) is 6.61 Å². The number of aryl methyl sites for hydroxylation is 1. The first-order chi connectivity index (χ1) is 12.9. The number of benzene rings is 1. The highest BCUT2D eigenvalue weighted by atomic mass is 16.5. The predicted molar refractivity (Wildman–Crippen MR) is 97.7 cm³/mol. The largest absolute Gasteiger partial charge is 0.461 e. The summed E-state index contributed by atoms with van der Waals surface area (Å²) in [5.74, 6) is -0.909. The van der Waals surface area contributed by atoms with Crippen LogP contribution in [0.15, 0.2) is 29.1 Å². The Hall–Kier alpha value is -3.42. The molecule has 3 aromatic rings. The zero-order valence-corrected chi connectivity index (χ0v) is 15.2. The van der Waals surface area contributed by atoms with E-state index in [0.717, 1.165) is 0 Å². The predicted octanol–water partition coefficient (Wildman–Crippen LogP) is 2.40. The lowest BCUT2D eigenvalue weighted by Gasteiger charge is -2.06. The lowest BCUT2D eigenvalue weighted by molar-refractivity contribution is 0.0461. The highest BCUT2D eigenvalue weighted by Gasteiger charge is 2.24. The summed E-state index contributed by atoms with van der Waals surface area (Å²) in [6.07, 6.45) is 0. The Labute approximate surface area is 154 Å². The van der Waals surface area contributed by atoms with E-state index in [9.17, 15) is 14.4 Å². The van der Waals surface area contributed by atoms with Gasteiger partial charge in [0.1, 0.15) is 18.1 Å². The molecule has 0 saturated heterocycles. The number of aromatic amines is 2. The molecule has 3 rings (SSSR count). The van der Waals surface area contributed by atoms with Gasteiger partial charge in [0.15, 0.2) is 0 Å². The number of esters is 2. The SMILES string of the molecule is CCOC(=O)c1[nH]c(C)c(C(=O)OCc2nc3ccccc3c(=O)[nH]2)c1C. The summed E-state index contributed by atoms with van der Waals surface area (Å²) >= 11 is 0. The Morgan fingerprint density at radius 3 is 2.56 bits per heavy atom. The Morgan fingerprint density at radius 1 is 1.07 bits per heavy atom. The van der Waals surface area contributed by atoms with Gasteiger partial charge in [-0.3, -0.25) is 4.79 Å². The molecule has 0 bridgehead atoms. The summed E-state index contributed by atoms with van der Waals surface area (Å²) in [6, 6.07) is 6.90. The topological polar surface area (TPSA) is 114 Å². The first-order valence-electron chi connectivity index (χ1n) is 8.43. The Kier molecular flexibility index (Phi) is 5.07. The standard InChI is InChI=1S/C19H19N3O5/c1-4-26-19(25)16-10(2)15(11(3)20-16)18(24)27-9-14-21-13-8-6-5-7-12(13)17(23)22-14/h5-8,20H,4,9H2,1-3H3,(H,21,22,23). The quantitative estimate of drug-likeness (QED) is 0.668. The second kappa shape index (κ2) is 7.45. The molecule has 0 radical (unpaired) electrons. The van der Waals surface area contributed by atoms with E-state index in [1.807, 2.05) is 0 Å². The van der Waals surface area contributed by atoms with E-state index in [0.29, 0.717) is 22.2 Å². The van der Waals surface area contributed by atoms with Crippen molar-refractivity contribution in [2.24, 2.45) is 0 Å². The number of carbonyl (C=O) groups excluding carboxylic acids is 2. The molecule has 0 atom stereocenters. The van der Waals surface area contributed by atoms with Crippen molar-refractivity contribution >= 4 is 22.8 Å². The van der Waals surface area contributed by atoms with Crippen LogP contribution in [-0.2, 0) is 16.1 Å². The van der Waals surface area contributed by atoms with E-state index in [1.54, 1.807) is 45.0 Å². The van der Waals surface area contributed by atoms with Crippen LogP contribution in [0.4, 0.5) is 0 Å². The molecule has 8 heteroatoms. The van der Waals surface area contributed by atoms with E-state index in [1.165, 1.54) is 0 Å². The van der Waals surface area contributed by atoms with Crippen LogP contribution in [0.25, 0.3) is 10.9 Å². The highest BCUT2D eigenvalue weighted by molar-refractivity contribution is 5.98. The van der Waals surface area contributed by atoms with Gasteiger partial charge in [0.25, 0.3) is 5.56 Å². The fraction of sp³-hybridized carbons (Fsp3) is 0.263. The molecule has 140 valence electrons. The molecular weight excluding hydrogens is 350 g/mol. The molecule has 0 fully saturated rings. The molecule has 0 spiro atoms. The van der Waals surface area contributed by atoms with Crippen LogP contribution in [0.2, 0.25) is 0 Å². The van der Waals surface area contributed by atoms with Gasteiger partial charge in [-0.05, 0) is 38.5 Å². The smallest absolute Gasteiger partial charge is 0.355 e. The van der Waals surface area contributed by atoms with Gasteiger partial charge in [-0.25, -0.2) is 14.6 Å². The van der Waals surface area contributed by atoms with Crippen molar-refractivity contribution in [1.82, 2.24) is 15.0 Å². The van der Waals surface area contributed by atoms with Crippen molar-refractivity contribution in [1.29, 1.82) is 0 Å². The summed E-state index contributed by atoms with van der Waals surface area (Å²) in [4.78, 5) is 46.2. The normalized spacial score (nSPS) is 10.8. The van der Waals surface area contributed by atoms with E-state index < -0.39 is 11.9 Å². The molecule has 1 aromatic carbocycles. The molecule has 27 heavy (non-hydrogen) atoms. The number of para-hydroxylation sites is 1. The van der Waals surface area contributed by atoms with Gasteiger partial charge in [-0.2, -0.15) is 0 Å². The van der Waals surface area contributed by atoms with Gasteiger partial charge in [0.05, 0.1) is 23.1 Å². The van der Waals surface area contributed by atoms with Crippen molar-refractivity contribution < 1.29 is 19.1 Å². The van der Waals surface area contributed by atoms with Crippen LogP contribution < -0.4 is 5.56 Å². The van der Waals surface area contributed by atoms with Crippen molar-refractivity contribution in [2.45, 2.75) is 27.4 Å². The Balaban J connectivity index is 1.81. The van der Waals surface area contributed by atoms with Crippen molar-refractivity contribution in [3.05, 3.63) is 63.0 Å². The van der Waals surface area contributed by atoms with Gasteiger partial charge in [0, 0.05) is 5.69 Å². The average Bonchev–Trinajstić information content (AvgIpc) is 2.94. The number of carbonyl (C=O) groups is 2. The van der Waals surface area contributed by atoms with Gasteiger partial charge in [-0.1, -0.05) is 12.1 Å². The van der Waals surface area contributed by atoms with Crippen LogP contribution in [-0.4, -0.2) is 33.5 Å². The number of fused-ring (bicyclic) bond motifs is 1. The maximum absolute atomic E-state index is 12.5. The van der Waals surface area contributed by atoms with Gasteiger partial charge in [0.2, 0.25) is 0 Å². The third-order valence-corrected chi connectivity index (χ3v) is 4.12. The fourth-order valence-electron chi connectivity index (χ4n) is 2.87. The highest BCUT2D eigenvalue weighted by Crippen LogP contribution is 2.20. The molecule has 2 heterocycles. The van der Waals surface area contributed by atoms with Crippen LogP contribution in [0.5, 0.6) is 0 Å². The first kappa shape index (κ1) is 18.4. The van der Waals surface area contributed by atoms with Gasteiger partial charge in [-0.15, -0.1) is 0 Å². The number of rotatable bonds is 5. The summed E-state index contributed by atoms with van der Waals surface area (Å²) < 4.78 is 10.3. The molecule has 0 aliphatic rings. The van der Waals surface area contributed by atoms with E-state index >= 15 is 0 Å². The number of ether oxygens (including phenoxy) is 2. The van der Waals surface area contributed by atoms with Gasteiger partial charge >= 0.3 is 11.9 Å². The molecule has 0 aliphatic carbocycles. The minimum Gasteiger partial charge on any atom is -0.461 e. The van der Waals surface area contributed by atoms with Crippen LogP contribution in [0.3, 0.4) is 0 Å². The van der Waals surface area contributed by atoms with Gasteiger partial charge < -0.3 is 19.4 Å². The van der Waals surface area contributed by atoms with E-state index in [-0.39, 0.29) is 35.9 Å². The number of hydrogen-bond acceptors (Lipinski definition) is 6. The maximum atomic E-state index is 12.5. The van der Waals surface area contributed by atoms with Crippen LogP contribution in [0.1, 0.15) is 44.9 Å². The summed E-state index contributed by atoms with van der Waals surface area (Å²) in [6.45, 7) is 5.05. The molecule has 0 unspecified atom stereocenters. The summed E-state index contributed by atoms with van der Waals surface area (Å²) in [5, 5.41) is 0.462. The zero-order valence-electron chi connectivity index (χ0n) is 15.2. The Morgan fingerprint density at radius 2 is 1.81 bits per heavy atom. The van der Waals surface area contributed by atoms with E-state index in [2.05, 4.69) is 15.0 Å².